The highest BCUT2D eigenvalue weighted by atomic mass is 35.5. The Kier molecular flexibility index (Phi) is 4.77. The Morgan fingerprint density at radius 1 is 1.25 bits per heavy atom. The van der Waals surface area contributed by atoms with Gasteiger partial charge in [-0.05, 0) is 42.3 Å². The average Bonchev–Trinajstić information content (AvgIpc) is 2.46. The van der Waals surface area contributed by atoms with Gasteiger partial charge >= 0.3 is 5.97 Å². The van der Waals surface area contributed by atoms with Gasteiger partial charge in [-0.1, -0.05) is 35.9 Å². The molecule has 0 radical (unpaired) electrons. The summed E-state index contributed by atoms with van der Waals surface area (Å²) in [6, 6.07) is 14.8. The molecule has 2 aromatic carbocycles. The van der Waals surface area contributed by atoms with Crippen LogP contribution in [0.5, 0.6) is 0 Å². The van der Waals surface area contributed by atoms with E-state index < -0.39 is 5.97 Å². The van der Waals surface area contributed by atoms with Crippen molar-refractivity contribution in [2.45, 2.75) is 19.5 Å². The van der Waals surface area contributed by atoms with E-state index >= 15 is 0 Å². The van der Waals surface area contributed by atoms with Crippen molar-refractivity contribution in [1.82, 2.24) is 5.32 Å². The molecule has 2 aromatic rings. The minimum atomic E-state index is -0.905. The SMILES string of the molecule is C[C@H](NCc1cccc(C(=O)O)c1)c1ccc(Cl)cc1. The highest BCUT2D eigenvalue weighted by Crippen LogP contribution is 2.16. The number of hydrogen-bond donors (Lipinski definition) is 2. The summed E-state index contributed by atoms with van der Waals surface area (Å²) in [7, 11) is 0. The summed E-state index contributed by atoms with van der Waals surface area (Å²) < 4.78 is 0. The number of aromatic carboxylic acids is 1. The van der Waals surface area contributed by atoms with Crippen LogP contribution in [-0.2, 0) is 6.54 Å². The fraction of sp³-hybridized carbons (Fsp3) is 0.188. The summed E-state index contributed by atoms with van der Waals surface area (Å²) in [5.74, 6) is -0.905. The number of hydrogen-bond acceptors (Lipinski definition) is 2. The molecule has 0 saturated heterocycles. The number of carboxylic acids is 1. The third-order valence-electron chi connectivity index (χ3n) is 3.16. The monoisotopic (exact) mass is 289 g/mol. The molecule has 0 unspecified atom stereocenters. The van der Waals surface area contributed by atoms with E-state index in [4.69, 9.17) is 16.7 Å². The summed E-state index contributed by atoms with van der Waals surface area (Å²) in [5.41, 5.74) is 2.40. The largest absolute Gasteiger partial charge is 0.478 e. The minimum Gasteiger partial charge on any atom is -0.478 e. The molecule has 4 heteroatoms. The van der Waals surface area contributed by atoms with Crippen LogP contribution < -0.4 is 5.32 Å². The number of rotatable bonds is 5. The van der Waals surface area contributed by atoms with E-state index in [1.165, 1.54) is 0 Å². The minimum absolute atomic E-state index is 0.167. The lowest BCUT2D eigenvalue weighted by Gasteiger charge is -2.14. The zero-order valence-corrected chi connectivity index (χ0v) is 11.9. The quantitative estimate of drug-likeness (QED) is 0.878. The third-order valence-corrected chi connectivity index (χ3v) is 3.41. The van der Waals surface area contributed by atoms with Crippen molar-refractivity contribution >= 4 is 17.6 Å². The number of nitrogens with one attached hydrogen (secondary N) is 1. The van der Waals surface area contributed by atoms with E-state index in [1.54, 1.807) is 18.2 Å². The van der Waals surface area contributed by atoms with Crippen molar-refractivity contribution in [3.63, 3.8) is 0 Å². The fourth-order valence-electron chi connectivity index (χ4n) is 1.95. The highest BCUT2D eigenvalue weighted by Gasteiger charge is 2.06. The van der Waals surface area contributed by atoms with Crippen LogP contribution in [0.25, 0.3) is 0 Å². The molecule has 3 nitrogen and oxygen atoms in total. The Bertz CT molecular complexity index is 596. The number of benzene rings is 2. The molecule has 0 aliphatic heterocycles. The molecule has 0 bridgehead atoms. The molecule has 2 rings (SSSR count). The summed E-state index contributed by atoms with van der Waals surface area (Å²) in [6.07, 6.45) is 0. The molecule has 0 saturated carbocycles. The Labute approximate surface area is 123 Å². The van der Waals surface area contributed by atoms with Gasteiger partial charge in [0, 0.05) is 17.6 Å². The molecule has 0 aliphatic carbocycles. The van der Waals surface area contributed by atoms with E-state index in [0.717, 1.165) is 16.1 Å². The summed E-state index contributed by atoms with van der Waals surface area (Å²) in [4.78, 5) is 10.9. The maximum atomic E-state index is 10.9. The Morgan fingerprint density at radius 3 is 2.60 bits per heavy atom. The van der Waals surface area contributed by atoms with E-state index in [9.17, 15) is 4.79 Å². The molecule has 1 atom stereocenters. The van der Waals surface area contributed by atoms with Crippen molar-refractivity contribution in [2.75, 3.05) is 0 Å². The van der Waals surface area contributed by atoms with Crippen LogP contribution in [0.15, 0.2) is 48.5 Å². The first-order valence-corrected chi connectivity index (χ1v) is 6.75. The standard InChI is InChI=1S/C16H16ClNO2/c1-11(13-5-7-15(17)8-6-13)18-10-12-3-2-4-14(9-12)16(19)20/h2-9,11,18H,10H2,1H3,(H,19,20)/t11-/m0/s1. The lowest BCUT2D eigenvalue weighted by molar-refractivity contribution is 0.0696. The first kappa shape index (κ1) is 14.6. The topological polar surface area (TPSA) is 49.3 Å². The molecule has 2 N–H and O–H groups in total. The third kappa shape index (κ3) is 3.83. The van der Waals surface area contributed by atoms with Crippen LogP contribution in [-0.4, -0.2) is 11.1 Å². The maximum absolute atomic E-state index is 10.9. The van der Waals surface area contributed by atoms with Crippen LogP contribution in [0.1, 0.15) is 34.5 Å². The lowest BCUT2D eigenvalue weighted by Crippen LogP contribution is -2.18. The second-order valence-electron chi connectivity index (χ2n) is 4.66. The average molecular weight is 290 g/mol. The van der Waals surface area contributed by atoms with Crippen LogP contribution in [0.3, 0.4) is 0 Å². The molecular weight excluding hydrogens is 274 g/mol. The number of carbonyl (C=O) groups is 1. The van der Waals surface area contributed by atoms with Gasteiger partial charge in [-0.25, -0.2) is 4.79 Å². The molecular formula is C16H16ClNO2. The lowest BCUT2D eigenvalue weighted by atomic mass is 10.1. The van der Waals surface area contributed by atoms with Gasteiger partial charge < -0.3 is 10.4 Å². The Morgan fingerprint density at radius 2 is 1.95 bits per heavy atom. The fourth-order valence-corrected chi connectivity index (χ4v) is 2.08. The van der Waals surface area contributed by atoms with Gasteiger partial charge in [-0.15, -0.1) is 0 Å². The van der Waals surface area contributed by atoms with Gasteiger partial charge in [0.05, 0.1) is 5.56 Å². The number of carboxylic acid groups (broad SMARTS) is 1. The molecule has 0 amide bonds. The molecule has 0 aliphatic rings. The predicted octanol–water partition coefficient (Wildman–Crippen LogP) is 3.89. The van der Waals surface area contributed by atoms with Gasteiger partial charge in [-0.3, -0.25) is 0 Å². The van der Waals surface area contributed by atoms with Gasteiger partial charge in [0.25, 0.3) is 0 Å². The molecule has 104 valence electrons. The normalized spacial score (nSPS) is 12.1. The van der Waals surface area contributed by atoms with E-state index in [0.29, 0.717) is 12.1 Å². The van der Waals surface area contributed by atoms with Crippen molar-refractivity contribution < 1.29 is 9.90 Å². The second-order valence-corrected chi connectivity index (χ2v) is 5.10. The summed E-state index contributed by atoms with van der Waals surface area (Å²) in [6.45, 7) is 2.68. The van der Waals surface area contributed by atoms with E-state index in [2.05, 4.69) is 12.2 Å². The smallest absolute Gasteiger partial charge is 0.335 e. The van der Waals surface area contributed by atoms with Gasteiger partial charge in [-0.2, -0.15) is 0 Å². The van der Waals surface area contributed by atoms with Crippen LogP contribution in [0.4, 0.5) is 0 Å². The Hall–Kier alpha value is -1.84. The van der Waals surface area contributed by atoms with Gasteiger partial charge in [0.1, 0.15) is 0 Å². The van der Waals surface area contributed by atoms with Crippen LogP contribution >= 0.6 is 11.6 Å². The zero-order valence-electron chi connectivity index (χ0n) is 11.1. The van der Waals surface area contributed by atoms with Crippen molar-refractivity contribution in [3.8, 4) is 0 Å². The second kappa shape index (κ2) is 6.55. The summed E-state index contributed by atoms with van der Waals surface area (Å²) in [5, 5.41) is 13.0. The number of halogens is 1. The van der Waals surface area contributed by atoms with E-state index in [-0.39, 0.29) is 6.04 Å². The predicted molar refractivity (Wildman–Crippen MR) is 80.1 cm³/mol. The van der Waals surface area contributed by atoms with Crippen molar-refractivity contribution in [1.29, 1.82) is 0 Å². The highest BCUT2D eigenvalue weighted by molar-refractivity contribution is 6.30. The zero-order chi connectivity index (χ0) is 14.5. The van der Waals surface area contributed by atoms with Crippen molar-refractivity contribution in [3.05, 3.63) is 70.2 Å². The van der Waals surface area contributed by atoms with Gasteiger partial charge in [0.15, 0.2) is 0 Å². The molecule has 0 fully saturated rings. The first-order valence-electron chi connectivity index (χ1n) is 6.37. The van der Waals surface area contributed by atoms with Crippen molar-refractivity contribution in [2.24, 2.45) is 0 Å². The van der Waals surface area contributed by atoms with Gasteiger partial charge in [0.2, 0.25) is 0 Å². The van der Waals surface area contributed by atoms with Crippen LogP contribution in [0.2, 0.25) is 5.02 Å². The molecule has 0 heterocycles. The molecule has 20 heavy (non-hydrogen) atoms. The van der Waals surface area contributed by atoms with Crippen LogP contribution in [0, 0.1) is 0 Å². The molecule has 0 aromatic heterocycles. The van der Waals surface area contributed by atoms with E-state index in [1.807, 2.05) is 30.3 Å². The maximum Gasteiger partial charge on any atom is 0.335 e. The molecule has 0 spiro atoms. The Balaban J connectivity index is 1.99. The summed E-state index contributed by atoms with van der Waals surface area (Å²) >= 11 is 5.86. The first-order chi connectivity index (χ1) is 9.56.